The lowest BCUT2D eigenvalue weighted by molar-refractivity contribution is 0.596. The van der Waals surface area contributed by atoms with E-state index in [4.69, 9.17) is 4.98 Å². The first-order valence-electron chi connectivity index (χ1n) is 9.97. The third-order valence-electron chi connectivity index (χ3n) is 5.53. The van der Waals surface area contributed by atoms with E-state index < -0.39 is 0 Å². The molecule has 5 rings (SSSR count). The summed E-state index contributed by atoms with van der Waals surface area (Å²) in [5.74, 6) is 0. The van der Waals surface area contributed by atoms with Gasteiger partial charge in [-0.25, -0.2) is 0 Å². The lowest BCUT2D eigenvalue weighted by Crippen LogP contribution is -2.12. The molecule has 0 amide bonds. The van der Waals surface area contributed by atoms with Crippen LogP contribution < -0.4 is 0 Å². The number of pyridine rings is 1. The molecule has 0 bridgehead atoms. The van der Waals surface area contributed by atoms with Gasteiger partial charge in [-0.3, -0.25) is 4.98 Å². The van der Waals surface area contributed by atoms with Gasteiger partial charge in [-0.15, -0.1) is 11.3 Å². The Balaban J connectivity index is 1.70. The maximum absolute atomic E-state index is 4.74. The lowest BCUT2D eigenvalue weighted by Gasteiger charge is -2.22. The van der Waals surface area contributed by atoms with Crippen molar-refractivity contribution in [2.75, 3.05) is 0 Å². The van der Waals surface area contributed by atoms with Gasteiger partial charge in [0.05, 0.1) is 5.69 Å². The molecule has 0 saturated heterocycles. The molecule has 0 atom stereocenters. The Bertz CT molecular complexity index is 1340. The maximum atomic E-state index is 4.74. The highest BCUT2D eigenvalue weighted by molar-refractivity contribution is 7.17. The van der Waals surface area contributed by atoms with E-state index in [9.17, 15) is 0 Å². The lowest BCUT2D eigenvalue weighted by atomic mass is 9.82. The molecular formula is C27H23NS. The first-order chi connectivity index (χ1) is 14.0. The van der Waals surface area contributed by atoms with Crippen molar-refractivity contribution < 1.29 is 0 Å². The highest BCUT2D eigenvalue weighted by atomic mass is 32.1. The maximum Gasteiger partial charge on any atom is 0.0708 e. The van der Waals surface area contributed by atoms with E-state index in [0.29, 0.717) is 0 Å². The molecule has 142 valence electrons. The standard InChI is InChI=1S/C27H23NS/c1-27(2,3)24-16-20(15-18-7-4-5-8-22(18)24)25-17-19(11-13-28-25)21-9-6-10-26-23(21)12-14-29-26/h4-17H,1-3H3. The summed E-state index contributed by atoms with van der Waals surface area (Å²) in [4.78, 5) is 4.74. The zero-order valence-electron chi connectivity index (χ0n) is 16.9. The number of benzene rings is 3. The van der Waals surface area contributed by atoms with Gasteiger partial charge >= 0.3 is 0 Å². The Morgan fingerprint density at radius 2 is 1.62 bits per heavy atom. The average molecular weight is 394 g/mol. The summed E-state index contributed by atoms with van der Waals surface area (Å²) >= 11 is 1.79. The van der Waals surface area contributed by atoms with Gasteiger partial charge in [-0.1, -0.05) is 57.2 Å². The number of thiophene rings is 1. The SMILES string of the molecule is CC(C)(C)c1cc(-c2cc(-c3cccc4sccc34)ccn2)cc2ccccc12. The van der Waals surface area contributed by atoms with Crippen molar-refractivity contribution in [1.82, 2.24) is 4.98 Å². The Labute approximate surface area is 175 Å². The van der Waals surface area contributed by atoms with Crippen LogP contribution >= 0.6 is 11.3 Å². The molecule has 0 fully saturated rings. The monoisotopic (exact) mass is 393 g/mol. The van der Waals surface area contributed by atoms with Crippen molar-refractivity contribution in [3.8, 4) is 22.4 Å². The van der Waals surface area contributed by atoms with Crippen molar-refractivity contribution in [3.05, 3.63) is 89.9 Å². The number of aromatic nitrogens is 1. The molecule has 0 radical (unpaired) electrons. The summed E-state index contributed by atoms with van der Waals surface area (Å²) in [6.07, 6.45) is 1.93. The zero-order chi connectivity index (χ0) is 20.0. The smallest absolute Gasteiger partial charge is 0.0708 e. The van der Waals surface area contributed by atoms with E-state index in [2.05, 4.69) is 98.9 Å². The van der Waals surface area contributed by atoms with Crippen LogP contribution in [0.15, 0.2) is 84.4 Å². The van der Waals surface area contributed by atoms with Crippen LogP contribution in [-0.2, 0) is 5.41 Å². The Hall–Kier alpha value is -2.97. The van der Waals surface area contributed by atoms with Crippen LogP contribution in [0.3, 0.4) is 0 Å². The van der Waals surface area contributed by atoms with E-state index in [1.807, 2.05) is 6.20 Å². The molecule has 0 aliphatic heterocycles. The number of rotatable bonds is 2. The fourth-order valence-electron chi connectivity index (χ4n) is 4.08. The summed E-state index contributed by atoms with van der Waals surface area (Å²) in [7, 11) is 0. The zero-order valence-corrected chi connectivity index (χ0v) is 17.8. The molecular weight excluding hydrogens is 370 g/mol. The van der Waals surface area contributed by atoms with E-state index in [1.54, 1.807) is 11.3 Å². The van der Waals surface area contributed by atoms with Gasteiger partial charge in [-0.2, -0.15) is 0 Å². The van der Waals surface area contributed by atoms with Crippen molar-refractivity contribution in [1.29, 1.82) is 0 Å². The minimum Gasteiger partial charge on any atom is -0.256 e. The predicted octanol–water partition coefficient (Wildman–Crippen LogP) is 8.08. The molecule has 0 spiro atoms. The van der Waals surface area contributed by atoms with Crippen LogP contribution in [-0.4, -0.2) is 4.98 Å². The van der Waals surface area contributed by atoms with E-state index in [0.717, 1.165) is 5.69 Å². The summed E-state index contributed by atoms with van der Waals surface area (Å²) in [5.41, 5.74) is 6.10. The van der Waals surface area contributed by atoms with Crippen LogP contribution in [0, 0.1) is 0 Å². The second-order valence-electron chi connectivity index (χ2n) is 8.56. The van der Waals surface area contributed by atoms with Gasteiger partial charge in [-0.05, 0) is 74.7 Å². The Morgan fingerprint density at radius 3 is 2.48 bits per heavy atom. The fraction of sp³-hybridized carbons (Fsp3) is 0.148. The molecule has 5 aromatic rings. The summed E-state index contributed by atoms with van der Waals surface area (Å²) in [5, 5.41) is 6.06. The first kappa shape index (κ1) is 18.1. The highest BCUT2D eigenvalue weighted by Gasteiger charge is 2.18. The molecule has 0 N–H and O–H groups in total. The first-order valence-corrected chi connectivity index (χ1v) is 10.8. The Morgan fingerprint density at radius 1 is 0.759 bits per heavy atom. The highest BCUT2D eigenvalue weighted by Crippen LogP contribution is 2.36. The molecule has 0 aliphatic carbocycles. The van der Waals surface area contributed by atoms with Gasteiger partial charge in [0, 0.05) is 21.8 Å². The van der Waals surface area contributed by atoms with Gasteiger partial charge in [0.2, 0.25) is 0 Å². The average Bonchev–Trinajstić information content (AvgIpc) is 3.21. The van der Waals surface area contributed by atoms with Crippen molar-refractivity contribution >= 4 is 32.2 Å². The third-order valence-corrected chi connectivity index (χ3v) is 6.41. The minimum atomic E-state index is 0.0650. The van der Waals surface area contributed by atoms with Crippen molar-refractivity contribution in [2.24, 2.45) is 0 Å². The summed E-state index contributed by atoms with van der Waals surface area (Å²) < 4.78 is 1.32. The predicted molar refractivity (Wildman–Crippen MR) is 127 cm³/mol. The topological polar surface area (TPSA) is 12.9 Å². The normalized spacial score (nSPS) is 12.0. The fourth-order valence-corrected chi connectivity index (χ4v) is 4.89. The molecule has 29 heavy (non-hydrogen) atoms. The molecule has 2 heteroatoms. The van der Waals surface area contributed by atoms with Crippen molar-refractivity contribution in [3.63, 3.8) is 0 Å². The molecule has 0 saturated carbocycles. The quantitative estimate of drug-likeness (QED) is 0.295. The molecule has 2 aromatic heterocycles. The van der Waals surface area contributed by atoms with E-state index in [-0.39, 0.29) is 5.41 Å². The number of hydrogen-bond acceptors (Lipinski definition) is 2. The largest absolute Gasteiger partial charge is 0.256 e. The second kappa shape index (κ2) is 6.82. The molecule has 1 nitrogen and oxygen atoms in total. The minimum absolute atomic E-state index is 0.0650. The van der Waals surface area contributed by atoms with Gasteiger partial charge < -0.3 is 0 Å². The summed E-state index contributed by atoms with van der Waals surface area (Å²) in [6, 6.07) is 26.3. The van der Waals surface area contributed by atoms with Gasteiger partial charge in [0.15, 0.2) is 0 Å². The molecule has 0 unspecified atom stereocenters. The van der Waals surface area contributed by atoms with Crippen LogP contribution in [0.5, 0.6) is 0 Å². The van der Waals surface area contributed by atoms with Crippen LogP contribution in [0.25, 0.3) is 43.2 Å². The molecule has 2 heterocycles. The van der Waals surface area contributed by atoms with Gasteiger partial charge in [0.25, 0.3) is 0 Å². The second-order valence-corrected chi connectivity index (χ2v) is 9.51. The molecule has 0 aliphatic rings. The van der Waals surface area contributed by atoms with Crippen LogP contribution in [0.1, 0.15) is 26.3 Å². The van der Waals surface area contributed by atoms with E-state index in [1.165, 1.54) is 43.1 Å². The number of hydrogen-bond donors (Lipinski definition) is 0. The number of fused-ring (bicyclic) bond motifs is 2. The van der Waals surface area contributed by atoms with Crippen LogP contribution in [0.4, 0.5) is 0 Å². The van der Waals surface area contributed by atoms with Gasteiger partial charge in [0.1, 0.15) is 0 Å². The van der Waals surface area contributed by atoms with Crippen LogP contribution in [0.2, 0.25) is 0 Å². The molecule has 3 aromatic carbocycles. The van der Waals surface area contributed by atoms with Crippen molar-refractivity contribution in [2.45, 2.75) is 26.2 Å². The number of nitrogens with zero attached hydrogens (tertiary/aromatic N) is 1. The Kier molecular flexibility index (Phi) is 4.25. The van der Waals surface area contributed by atoms with E-state index >= 15 is 0 Å². The summed E-state index contributed by atoms with van der Waals surface area (Å²) in [6.45, 7) is 6.83. The third kappa shape index (κ3) is 3.24.